The molecule has 0 aromatic heterocycles. The van der Waals surface area contributed by atoms with E-state index in [1.165, 1.54) is 4.90 Å². The molecule has 7 heteroatoms. The number of nitrogens with zero attached hydrogens (tertiary/aromatic N) is 2. The Morgan fingerprint density at radius 2 is 1.55 bits per heavy atom. The third kappa shape index (κ3) is 3.62. The largest absolute Gasteiger partial charge is 0.426 e. The summed E-state index contributed by atoms with van der Waals surface area (Å²) < 4.78 is 5.74. The van der Waals surface area contributed by atoms with Crippen LogP contribution in [0, 0.1) is 48.3 Å². The molecule has 0 N–H and O–H groups in total. The number of hydrogen-bond donors (Lipinski definition) is 0. The van der Waals surface area contributed by atoms with Crippen LogP contribution in [0.15, 0.2) is 48.6 Å². The van der Waals surface area contributed by atoms with Crippen LogP contribution >= 0.6 is 0 Å². The highest BCUT2D eigenvalue weighted by Crippen LogP contribution is 2.65. The third-order valence-electron chi connectivity index (χ3n) is 9.98. The van der Waals surface area contributed by atoms with Crippen LogP contribution in [-0.2, 0) is 32.0 Å². The lowest BCUT2D eigenvalue weighted by Crippen LogP contribution is -2.40. The molecule has 8 rings (SSSR count). The van der Waals surface area contributed by atoms with Gasteiger partial charge in [0.1, 0.15) is 5.75 Å². The van der Waals surface area contributed by atoms with Crippen LogP contribution in [0.2, 0.25) is 0 Å². The van der Waals surface area contributed by atoms with Gasteiger partial charge in [0.15, 0.2) is 0 Å². The van der Waals surface area contributed by atoms with Crippen molar-refractivity contribution in [1.29, 1.82) is 0 Å². The number of para-hydroxylation sites is 1. The molecular weight excluding hydrogens is 504 g/mol. The van der Waals surface area contributed by atoms with Gasteiger partial charge in [-0.3, -0.25) is 19.2 Å². The van der Waals surface area contributed by atoms with Gasteiger partial charge in [-0.2, -0.15) is 0 Å². The molecule has 4 fully saturated rings. The first-order valence-electron chi connectivity index (χ1n) is 14.6. The second-order valence-electron chi connectivity index (χ2n) is 12.1. The summed E-state index contributed by atoms with van der Waals surface area (Å²) in [6.45, 7) is 6.25. The van der Waals surface area contributed by atoms with Crippen molar-refractivity contribution in [2.24, 2.45) is 41.4 Å². The Hall–Kier alpha value is -3.74. The molecule has 4 aliphatic carbocycles. The van der Waals surface area contributed by atoms with Gasteiger partial charge in [0.2, 0.25) is 17.7 Å². The zero-order valence-electron chi connectivity index (χ0n) is 23.1. The number of amides is 3. The predicted octanol–water partition coefficient (Wildman–Crippen LogP) is 4.64. The number of esters is 1. The van der Waals surface area contributed by atoms with Crippen molar-refractivity contribution in [1.82, 2.24) is 0 Å². The number of ether oxygens (including phenoxy) is 1. The second-order valence-corrected chi connectivity index (χ2v) is 12.1. The summed E-state index contributed by atoms with van der Waals surface area (Å²) in [6, 6.07) is 11.1. The van der Waals surface area contributed by atoms with Crippen molar-refractivity contribution in [3.8, 4) is 5.75 Å². The number of aryl methyl sites for hydroxylation is 3. The summed E-state index contributed by atoms with van der Waals surface area (Å²) in [5, 5.41) is 0. The highest BCUT2D eigenvalue weighted by atomic mass is 16.5. The second kappa shape index (κ2) is 9.15. The van der Waals surface area contributed by atoms with Crippen molar-refractivity contribution in [3.63, 3.8) is 0 Å². The van der Waals surface area contributed by atoms with E-state index in [4.69, 9.17) is 4.74 Å². The lowest BCUT2D eigenvalue weighted by atomic mass is 9.63. The fourth-order valence-electron chi connectivity index (χ4n) is 7.98. The minimum Gasteiger partial charge on any atom is -0.426 e. The Labute approximate surface area is 234 Å². The average molecular weight is 539 g/mol. The maximum Gasteiger partial charge on any atom is 0.316 e. The highest BCUT2D eigenvalue weighted by molar-refractivity contribution is 6.23. The Morgan fingerprint density at radius 1 is 0.925 bits per heavy atom. The third-order valence-corrected chi connectivity index (χ3v) is 9.98. The minimum atomic E-state index is -0.568. The minimum absolute atomic E-state index is 0.0716. The van der Waals surface area contributed by atoms with Gasteiger partial charge in [-0.1, -0.05) is 44.2 Å². The fourth-order valence-corrected chi connectivity index (χ4v) is 7.98. The summed E-state index contributed by atoms with van der Waals surface area (Å²) >= 11 is 0. The number of allylic oxidation sites excluding steroid dienone is 2. The van der Waals surface area contributed by atoms with Crippen molar-refractivity contribution in [3.05, 3.63) is 65.2 Å². The van der Waals surface area contributed by atoms with Gasteiger partial charge in [0.05, 0.1) is 23.4 Å². The van der Waals surface area contributed by atoms with Gasteiger partial charge in [0, 0.05) is 18.7 Å². The normalized spacial score (nSPS) is 31.6. The number of anilines is 2. The molecule has 206 valence electrons. The van der Waals surface area contributed by atoms with Crippen LogP contribution in [-0.4, -0.2) is 30.2 Å². The number of hydrogen-bond acceptors (Lipinski definition) is 5. The van der Waals surface area contributed by atoms with Gasteiger partial charge < -0.3 is 9.64 Å². The van der Waals surface area contributed by atoms with Gasteiger partial charge in [0.25, 0.3) is 0 Å². The molecule has 6 aliphatic rings. The number of carbonyl (C=O) groups excluding carboxylic acids is 4. The van der Waals surface area contributed by atoms with E-state index in [-0.39, 0.29) is 54.4 Å². The smallest absolute Gasteiger partial charge is 0.316 e. The SMILES string of the molecule is CCc1cccc(CC)c1N1C[C@H](C(=O)Oc2ccc(N3C(=O)[C@@H]4[C@H]5C=C[C@@H]([C@@H]6C[C@H]56)[C@H]4C3=O)c(C)c2)CC1=O. The molecule has 7 atom stereocenters. The van der Waals surface area contributed by atoms with Gasteiger partial charge in [-0.15, -0.1) is 0 Å². The van der Waals surface area contributed by atoms with Crippen LogP contribution in [0.25, 0.3) is 0 Å². The number of carbonyl (C=O) groups is 4. The molecule has 2 aliphatic heterocycles. The van der Waals surface area contributed by atoms with Crippen LogP contribution in [0.1, 0.15) is 43.4 Å². The summed E-state index contributed by atoms with van der Waals surface area (Å²) in [7, 11) is 0. The molecule has 0 radical (unpaired) electrons. The quantitative estimate of drug-likeness (QED) is 0.232. The topological polar surface area (TPSA) is 84.0 Å². The Kier molecular flexibility index (Phi) is 5.77. The lowest BCUT2D eigenvalue weighted by Gasteiger charge is -2.37. The molecule has 2 aromatic rings. The predicted molar refractivity (Wildman–Crippen MR) is 150 cm³/mol. The highest BCUT2D eigenvalue weighted by Gasteiger charge is 2.67. The van der Waals surface area contributed by atoms with E-state index in [0.717, 1.165) is 36.1 Å². The average Bonchev–Trinajstić information content (AvgIpc) is 3.64. The zero-order valence-corrected chi connectivity index (χ0v) is 23.1. The van der Waals surface area contributed by atoms with Gasteiger partial charge >= 0.3 is 5.97 Å². The van der Waals surface area contributed by atoms with E-state index in [0.29, 0.717) is 28.8 Å². The fraction of sp³-hybridized carbons (Fsp3) is 0.455. The first-order chi connectivity index (χ1) is 19.3. The first kappa shape index (κ1) is 25.2. The van der Waals surface area contributed by atoms with E-state index in [1.807, 2.05) is 25.1 Å². The van der Waals surface area contributed by atoms with Crippen molar-refractivity contribution in [2.45, 2.75) is 46.5 Å². The van der Waals surface area contributed by atoms with Crippen LogP contribution in [0.4, 0.5) is 11.4 Å². The number of imide groups is 1. The Morgan fingerprint density at radius 3 is 2.12 bits per heavy atom. The molecule has 40 heavy (non-hydrogen) atoms. The van der Waals surface area contributed by atoms with Crippen molar-refractivity contribution < 1.29 is 23.9 Å². The van der Waals surface area contributed by atoms with Gasteiger partial charge in [-0.25, -0.2) is 4.90 Å². The molecular formula is C33H34N2O5. The summed E-state index contributed by atoms with van der Waals surface area (Å²) in [5.74, 6) is 0.00865. The number of rotatable bonds is 6. The maximum absolute atomic E-state index is 13.5. The van der Waals surface area contributed by atoms with E-state index in [2.05, 4.69) is 26.0 Å². The maximum atomic E-state index is 13.5. The molecule has 2 saturated heterocycles. The summed E-state index contributed by atoms with van der Waals surface area (Å²) in [4.78, 5) is 56.3. The standard InChI is InChI=1S/C33H34N2O5/c1-4-18-7-6-8-19(5-2)30(18)34-16-20(14-27(34)36)33(39)40-21-9-12-26(17(3)13-21)35-31(37)28-22-10-11-23(25-15-24(22)25)29(28)32(35)38/h6-13,20,22-25,28-29H,4-5,14-16H2,1-3H3/t20-,22+,23+,24-,25+,28-,29-/m1/s1. The van der Waals surface area contributed by atoms with Gasteiger partial charge in [-0.05, 0) is 84.7 Å². The molecule has 3 amide bonds. The molecule has 2 aromatic carbocycles. The van der Waals surface area contributed by atoms with E-state index < -0.39 is 11.9 Å². The summed E-state index contributed by atoms with van der Waals surface area (Å²) in [5.41, 5.74) is 4.38. The molecule has 0 spiro atoms. The van der Waals surface area contributed by atoms with Crippen molar-refractivity contribution >= 4 is 35.1 Å². The first-order valence-corrected chi connectivity index (χ1v) is 14.6. The van der Waals surface area contributed by atoms with E-state index >= 15 is 0 Å². The molecule has 0 unspecified atom stereocenters. The lowest BCUT2D eigenvalue weighted by molar-refractivity contribution is -0.139. The van der Waals surface area contributed by atoms with Crippen LogP contribution in [0.5, 0.6) is 5.75 Å². The summed E-state index contributed by atoms with van der Waals surface area (Å²) in [6.07, 6.45) is 7.18. The molecule has 2 bridgehead atoms. The van der Waals surface area contributed by atoms with Crippen molar-refractivity contribution in [2.75, 3.05) is 16.3 Å². The van der Waals surface area contributed by atoms with E-state index in [9.17, 15) is 19.2 Å². The molecule has 2 heterocycles. The number of benzene rings is 2. The monoisotopic (exact) mass is 538 g/mol. The van der Waals surface area contributed by atoms with Crippen LogP contribution in [0.3, 0.4) is 0 Å². The Balaban J connectivity index is 1.07. The van der Waals surface area contributed by atoms with Crippen LogP contribution < -0.4 is 14.5 Å². The molecule has 7 nitrogen and oxygen atoms in total. The molecule has 2 saturated carbocycles. The zero-order chi connectivity index (χ0) is 27.9. The Bertz CT molecular complexity index is 1440. The van der Waals surface area contributed by atoms with E-state index in [1.54, 1.807) is 23.1 Å².